The zero-order valence-corrected chi connectivity index (χ0v) is 10.2. The van der Waals surface area contributed by atoms with E-state index in [-0.39, 0.29) is 6.04 Å². The summed E-state index contributed by atoms with van der Waals surface area (Å²) in [6.07, 6.45) is 0.451. The van der Waals surface area contributed by atoms with Crippen LogP contribution in [0.15, 0.2) is 12.1 Å². The topological polar surface area (TPSA) is 65.9 Å². The fourth-order valence-electron chi connectivity index (χ4n) is 1.46. The molecule has 0 unspecified atom stereocenters. The molecule has 1 aromatic rings. The van der Waals surface area contributed by atoms with Gasteiger partial charge < -0.3 is 10.6 Å². The van der Waals surface area contributed by atoms with Gasteiger partial charge in [-0.1, -0.05) is 11.6 Å². The summed E-state index contributed by atoms with van der Waals surface area (Å²) in [5.74, 6) is 0.718. The van der Waals surface area contributed by atoms with E-state index < -0.39 is 0 Å². The number of nitrogens with two attached hydrogens (primary N) is 1. The van der Waals surface area contributed by atoms with Crippen molar-refractivity contribution in [1.29, 1.82) is 5.26 Å². The Bertz CT molecular complexity index is 377. The molecule has 0 aliphatic rings. The average molecular weight is 239 g/mol. The Balaban J connectivity index is 2.96. The van der Waals surface area contributed by atoms with Crippen LogP contribution in [-0.2, 0) is 0 Å². The summed E-state index contributed by atoms with van der Waals surface area (Å²) < 4.78 is 0. The van der Waals surface area contributed by atoms with Gasteiger partial charge in [0, 0.05) is 24.3 Å². The molecule has 0 atom stereocenters. The molecule has 2 N–H and O–H groups in total. The van der Waals surface area contributed by atoms with Crippen LogP contribution >= 0.6 is 11.6 Å². The van der Waals surface area contributed by atoms with Crippen LogP contribution < -0.4 is 10.6 Å². The van der Waals surface area contributed by atoms with Crippen molar-refractivity contribution in [2.75, 3.05) is 17.2 Å². The van der Waals surface area contributed by atoms with Crippen LogP contribution in [-0.4, -0.2) is 17.6 Å². The number of nitrogen functional groups attached to an aromatic ring is 1. The van der Waals surface area contributed by atoms with Crippen molar-refractivity contribution < 1.29 is 0 Å². The van der Waals surface area contributed by atoms with Gasteiger partial charge in [0.25, 0.3) is 0 Å². The Kier molecular flexibility index (Phi) is 4.39. The fourth-order valence-corrected chi connectivity index (χ4v) is 1.67. The second-order valence-electron chi connectivity index (χ2n) is 3.78. The summed E-state index contributed by atoms with van der Waals surface area (Å²) in [6, 6.07) is 5.74. The Morgan fingerprint density at radius 3 is 2.75 bits per heavy atom. The van der Waals surface area contributed by atoms with E-state index in [1.54, 1.807) is 12.1 Å². The number of aromatic nitrogens is 1. The Morgan fingerprint density at radius 1 is 1.56 bits per heavy atom. The number of hydrogen-bond acceptors (Lipinski definition) is 4. The number of rotatable bonds is 4. The first-order chi connectivity index (χ1) is 7.54. The van der Waals surface area contributed by atoms with E-state index >= 15 is 0 Å². The zero-order chi connectivity index (χ0) is 12.1. The van der Waals surface area contributed by atoms with E-state index in [2.05, 4.69) is 11.1 Å². The van der Waals surface area contributed by atoms with E-state index in [9.17, 15) is 0 Å². The van der Waals surface area contributed by atoms with Crippen molar-refractivity contribution in [1.82, 2.24) is 4.98 Å². The molecule has 16 heavy (non-hydrogen) atoms. The smallest absolute Gasteiger partial charge is 0.133 e. The van der Waals surface area contributed by atoms with Crippen molar-refractivity contribution in [3.05, 3.63) is 17.3 Å². The molecule has 0 aromatic carbocycles. The molecule has 0 bridgehead atoms. The number of nitriles is 1. The van der Waals surface area contributed by atoms with Crippen LogP contribution in [0.3, 0.4) is 0 Å². The largest absolute Gasteiger partial charge is 0.399 e. The molecule has 0 aliphatic heterocycles. The van der Waals surface area contributed by atoms with Gasteiger partial charge in [0.1, 0.15) is 11.0 Å². The van der Waals surface area contributed by atoms with Gasteiger partial charge in [-0.2, -0.15) is 5.26 Å². The van der Waals surface area contributed by atoms with E-state index in [1.807, 2.05) is 18.7 Å². The molecule has 4 nitrogen and oxygen atoms in total. The van der Waals surface area contributed by atoms with Gasteiger partial charge in [0.15, 0.2) is 0 Å². The fraction of sp³-hybridized carbons (Fsp3) is 0.455. The van der Waals surface area contributed by atoms with Gasteiger partial charge in [0.2, 0.25) is 0 Å². The standard InChI is InChI=1S/C11H15ClN4/c1-8(2)16(5-3-4-13)11-7-9(14)6-10(12)15-11/h6-8H,3,5H2,1-2H3,(H2,14,15). The first-order valence-corrected chi connectivity index (χ1v) is 5.49. The monoisotopic (exact) mass is 238 g/mol. The molecule has 0 amide bonds. The highest BCUT2D eigenvalue weighted by atomic mass is 35.5. The molecule has 5 heteroatoms. The van der Waals surface area contributed by atoms with Gasteiger partial charge in [-0.15, -0.1) is 0 Å². The third-order valence-electron chi connectivity index (χ3n) is 2.19. The molecular formula is C11H15ClN4. The first kappa shape index (κ1) is 12.6. The SMILES string of the molecule is CC(C)N(CCC#N)c1cc(N)cc(Cl)n1. The molecule has 0 aliphatic carbocycles. The van der Waals surface area contributed by atoms with E-state index in [0.29, 0.717) is 23.8 Å². The lowest BCUT2D eigenvalue weighted by Gasteiger charge is -2.27. The molecule has 1 rings (SSSR count). The summed E-state index contributed by atoms with van der Waals surface area (Å²) in [7, 11) is 0. The average Bonchev–Trinajstić information content (AvgIpc) is 2.16. The Morgan fingerprint density at radius 2 is 2.25 bits per heavy atom. The van der Waals surface area contributed by atoms with Crippen LogP contribution in [0.1, 0.15) is 20.3 Å². The number of pyridine rings is 1. The molecule has 0 spiro atoms. The van der Waals surface area contributed by atoms with Gasteiger partial charge >= 0.3 is 0 Å². The van der Waals surface area contributed by atoms with Gasteiger partial charge in [0.05, 0.1) is 12.5 Å². The summed E-state index contributed by atoms with van der Waals surface area (Å²) >= 11 is 5.85. The van der Waals surface area contributed by atoms with Crippen molar-refractivity contribution in [3.63, 3.8) is 0 Å². The third-order valence-corrected chi connectivity index (χ3v) is 2.38. The lowest BCUT2D eigenvalue weighted by molar-refractivity contribution is 0.677. The minimum absolute atomic E-state index is 0.249. The summed E-state index contributed by atoms with van der Waals surface area (Å²) in [5.41, 5.74) is 6.29. The van der Waals surface area contributed by atoms with E-state index in [4.69, 9.17) is 22.6 Å². The molecule has 1 heterocycles. The minimum Gasteiger partial charge on any atom is -0.399 e. The summed E-state index contributed by atoms with van der Waals surface area (Å²) in [4.78, 5) is 6.22. The second-order valence-corrected chi connectivity index (χ2v) is 4.16. The van der Waals surface area contributed by atoms with Crippen molar-refractivity contribution in [2.24, 2.45) is 0 Å². The predicted octanol–water partition coefficient (Wildman–Crippen LogP) is 2.45. The Hall–Kier alpha value is -1.47. The van der Waals surface area contributed by atoms with Crippen LogP contribution in [0.4, 0.5) is 11.5 Å². The van der Waals surface area contributed by atoms with Crippen molar-refractivity contribution in [3.8, 4) is 6.07 Å². The Labute approximate surface area is 101 Å². The maximum Gasteiger partial charge on any atom is 0.133 e. The highest BCUT2D eigenvalue weighted by Crippen LogP contribution is 2.21. The van der Waals surface area contributed by atoms with E-state index in [0.717, 1.165) is 5.82 Å². The number of halogens is 1. The first-order valence-electron chi connectivity index (χ1n) is 5.11. The quantitative estimate of drug-likeness (QED) is 0.819. The molecule has 0 radical (unpaired) electrons. The third kappa shape index (κ3) is 3.28. The van der Waals surface area contributed by atoms with Gasteiger partial charge in [-0.05, 0) is 19.9 Å². The maximum atomic E-state index is 8.61. The molecular weight excluding hydrogens is 224 g/mol. The predicted molar refractivity (Wildman–Crippen MR) is 66.4 cm³/mol. The van der Waals surface area contributed by atoms with Crippen LogP contribution in [0.25, 0.3) is 0 Å². The maximum absolute atomic E-state index is 8.61. The highest BCUT2D eigenvalue weighted by molar-refractivity contribution is 6.29. The summed E-state index contributed by atoms with van der Waals surface area (Å²) in [6.45, 7) is 4.70. The van der Waals surface area contributed by atoms with Gasteiger partial charge in [-0.25, -0.2) is 4.98 Å². The van der Waals surface area contributed by atoms with Crippen molar-refractivity contribution >= 4 is 23.1 Å². The molecule has 0 fully saturated rings. The van der Waals surface area contributed by atoms with Gasteiger partial charge in [-0.3, -0.25) is 0 Å². The highest BCUT2D eigenvalue weighted by Gasteiger charge is 2.12. The molecule has 0 saturated carbocycles. The van der Waals surface area contributed by atoms with Crippen LogP contribution in [0, 0.1) is 11.3 Å². The second kappa shape index (κ2) is 5.57. The van der Waals surface area contributed by atoms with E-state index in [1.165, 1.54) is 0 Å². The van der Waals surface area contributed by atoms with Crippen molar-refractivity contribution in [2.45, 2.75) is 26.3 Å². The normalized spacial score (nSPS) is 10.2. The lowest BCUT2D eigenvalue weighted by atomic mass is 10.2. The summed E-state index contributed by atoms with van der Waals surface area (Å²) in [5, 5.41) is 8.98. The number of nitrogens with zero attached hydrogens (tertiary/aromatic N) is 3. The molecule has 86 valence electrons. The van der Waals surface area contributed by atoms with Crippen LogP contribution in [0.2, 0.25) is 5.15 Å². The number of hydrogen-bond donors (Lipinski definition) is 1. The number of anilines is 2. The van der Waals surface area contributed by atoms with Crippen LogP contribution in [0.5, 0.6) is 0 Å². The minimum atomic E-state index is 0.249. The lowest BCUT2D eigenvalue weighted by Crippen LogP contribution is -2.32. The zero-order valence-electron chi connectivity index (χ0n) is 9.44. The molecule has 0 saturated heterocycles. The molecule has 1 aromatic heterocycles.